The number of nitrogens with one attached hydrogen (secondary N) is 2. The fraction of sp³-hybridized carbons (Fsp3) is 0.632. The summed E-state index contributed by atoms with van der Waals surface area (Å²) in [6.07, 6.45) is 4.44. The quantitative estimate of drug-likeness (QED) is 0.691. The summed E-state index contributed by atoms with van der Waals surface area (Å²) in [6, 6.07) is 6.51. The van der Waals surface area contributed by atoms with Gasteiger partial charge in [-0.05, 0) is 62.1 Å². The van der Waals surface area contributed by atoms with Crippen LogP contribution in [0, 0.1) is 0 Å². The van der Waals surface area contributed by atoms with E-state index >= 15 is 0 Å². The van der Waals surface area contributed by atoms with Crippen LogP contribution in [0.5, 0.6) is 11.5 Å². The second-order valence-electron chi connectivity index (χ2n) is 6.46. The number of benzene rings is 1. The molecule has 6 heteroatoms. The fourth-order valence-electron chi connectivity index (χ4n) is 3.21. The van der Waals surface area contributed by atoms with E-state index in [1.54, 1.807) is 14.2 Å². The van der Waals surface area contributed by atoms with Crippen molar-refractivity contribution in [1.29, 1.82) is 0 Å². The van der Waals surface area contributed by atoms with E-state index in [1.165, 1.54) is 31.6 Å². The molecule has 0 amide bonds. The van der Waals surface area contributed by atoms with Crippen LogP contribution in [-0.2, 0) is 6.42 Å². The minimum absolute atomic E-state index is 0.495. The summed E-state index contributed by atoms with van der Waals surface area (Å²) in [7, 11) is 3.31. The highest BCUT2D eigenvalue weighted by atomic mass is 32.1. The molecule has 1 aromatic rings. The van der Waals surface area contributed by atoms with Crippen molar-refractivity contribution in [2.75, 3.05) is 40.4 Å². The van der Waals surface area contributed by atoms with Gasteiger partial charge in [-0.2, -0.15) is 0 Å². The van der Waals surface area contributed by atoms with Crippen molar-refractivity contribution in [3.8, 4) is 11.5 Å². The zero-order chi connectivity index (χ0) is 18.1. The Labute approximate surface area is 157 Å². The Kier molecular flexibility index (Phi) is 8.28. The molecule has 0 radical (unpaired) electrons. The van der Waals surface area contributed by atoms with Gasteiger partial charge in [-0.1, -0.05) is 13.0 Å². The third-order valence-electron chi connectivity index (χ3n) is 4.61. The molecular weight excluding hydrogens is 334 g/mol. The summed E-state index contributed by atoms with van der Waals surface area (Å²) in [5.41, 5.74) is 1.20. The van der Waals surface area contributed by atoms with Crippen molar-refractivity contribution in [3.63, 3.8) is 0 Å². The Morgan fingerprint density at radius 3 is 2.56 bits per heavy atom. The van der Waals surface area contributed by atoms with E-state index in [-0.39, 0.29) is 0 Å². The Bertz CT molecular complexity index is 545. The smallest absolute Gasteiger partial charge is 0.166 e. The molecular formula is C19H31N3O2S. The SMILES string of the molecule is CCCN1CCC(NC(=S)NCCc2ccc(OC)c(OC)c2)CC1. The average molecular weight is 366 g/mol. The third-order valence-corrected chi connectivity index (χ3v) is 4.87. The molecule has 0 saturated carbocycles. The lowest BCUT2D eigenvalue weighted by atomic mass is 10.1. The molecule has 0 aliphatic carbocycles. The predicted molar refractivity (Wildman–Crippen MR) is 107 cm³/mol. The first-order valence-electron chi connectivity index (χ1n) is 9.13. The molecule has 0 aromatic heterocycles. The van der Waals surface area contributed by atoms with E-state index in [0.717, 1.165) is 42.4 Å². The van der Waals surface area contributed by atoms with Gasteiger partial charge in [-0.3, -0.25) is 0 Å². The topological polar surface area (TPSA) is 45.8 Å². The summed E-state index contributed by atoms with van der Waals surface area (Å²) in [4.78, 5) is 2.53. The van der Waals surface area contributed by atoms with E-state index in [9.17, 15) is 0 Å². The van der Waals surface area contributed by atoms with Crippen LogP contribution in [0.3, 0.4) is 0 Å². The van der Waals surface area contributed by atoms with Crippen molar-refractivity contribution >= 4 is 17.3 Å². The molecule has 1 fully saturated rings. The van der Waals surface area contributed by atoms with Crippen LogP contribution < -0.4 is 20.1 Å². The molecule has 1 heterocycles. The third kappa shape index (κ3) is 6.36. The Balaban J connectivity index is 1.69. The molecule has 25 heavy (non-hydrogen) atoms. The van der Waals surface area contributed by atoms with Gasteiger partial charge in [0.1, 0.15) is 0 Å². The molecule has 2 N–H and O–H groups in total. The number of ether oxygens (including phenoxy) is 2. The number of piperidine rings is 1. The Hall–Kier alpha value is -1.53. The number of hydrogen-bond acceptors (Lipinski definition) is 4. The summed E-state index contributed by atoms with van der Waals surface area (Å²) >= 11 is 5.44. The largest absolute Gasteiger partial charge is 0.493 e. The highest BCUT2D eigenvalue weighted by Crippen LogP contribution is 2.27. The van der Waals surface area contributed by atoms with E-state index in [4.69, 9.17) is 21.7 Å². The van der Waals surface area contributed by atoms with Gasteiger partial charge < -0.3 is 25.0 Å². The zero-order valence-corrected chi connectivity index (χ0v) is 16.5. The van der Waals surface area contributed by atoms with Gasteiger partial charge in [0.15, 0.2) is 16.6 Å². The lowest BCUT2D eigenvalue weighted by Gasteiger charge is -2.32. The van der Waals surface area contributed by atoms with E-state index in [2.05, 4.69) is 28.5 Å². The molecule has 0 bridgehead atoms. The number of rotatable bonds is 8. The molecule has 1 aliphatic heterocycles. The van der Waals surface area contributed by atoms with Crippen LogP contribution >= 0.6 is 12.2 Å². The summed E-state index contributed by atoms with van der Waals surface area (Å²) in [5, 5.41) is 7.53. The minimum Gasteiger partial charge on any atom is -0.493 e. The molecule has 1 aromatic carbocycles. The molecule has 1 saturated heterocycles. The van der Waals surface area contributed by atoms with Crippen molar-refractivity contribution < 1.29 is 9.47 Å². The Morgan fingerprint density at radius 2 is 1.92 bits per heavy atom. The molecule has 1 aliphatic rings. The van der Waals surface area contributed by atoms with Crippen LogP contribution in [-0.4, -0.2) is 56.5 Å². The highest BCUT2D eigenvalue weighted by molar-refractivity contribution is 7.80. The van der Waals surface area contributed by atoms with Gasteiger partial charge in [-0.15, -0.1) is 0 Å². The highest BCUT2D eigenvalue weighted by Gasteiger charge is 2.18. The van der Waals surface area contributed by atoms with Crippen molar-refractivity contribution in [1.82, 2.24) is 15.5 Å². The lowest BCUT2D eigenvalue weighted by Crippen LogP contribution is -2.48. The maximum absolute atomic E-state index is 5.44. The summed E-state index contributed by atoms with van der Waals surface area (Å²) < 4.78 is 10.6. The van der Waals surface area contributed by atoms with Gasteiger partial charge in [-0.25, -0.2) is 0 Å². The zero-order valence-electron chi connectivity index (χ0n) is 15.6. The maximum Gasteiger partial charge on any atom is 0.166 e. The van der Waals surface area contributed by atoms with E-state index < -0.39 is 0 Å². The second-order valence-corrected chi connectivity index (χ2v) is 6.86. The number of likely N-dealkylation sites (tertiary alicyclic amines) is 1. The number of thiocarbonyl (C=S) groups is 1. The number of hydrogen-bond donors (Lipinski definition) is 2. The molecule has 0 atom stereocenters. The van der Waals surface area contributed by atoms with E-state index in [0.29, 0.717) is 6.04 Å². The van der Waals surface area contributed by atoms with Crippen molar-refractivity contribution in [2.45, 2.75) is 38.6 Å². The second kappa shape index (κ2) is 10.5. The molecule has 140 valence electrons. The van der Waals surface area contributed by atoms with Gasteiger partial charge in [0.2, 0.25) is 0 Å². The summed E-state index contributed by atoms with van der Waals surface area (Å²) in [6.45, 7) is 6.58. The Morgan fingerprint density at radius 1 is 1.20 bits per heavy atom. The fourth-order valence-corrected chi connectivity index (χ4v) is 3.48. The predicted octanol–water partition coefficient (Wildman–Crippen LogP) is 2.58. The molecule has 5 nitrogen and oxygen atoms in total. The molecule has 0 unspecified atom stereocenters. The lowest BCUT2D eigenvalue weighted by molar-refractivity contribution is 0.206. The minimum atomic E-state index is 0.495. The molecule has 2 rings (SSSR count). The number of methoxy groups -OCH3 is 2. The van der Waals surface area contributed by atoms with Gasteiger partial charge >= 0.3 is 0 Å². The first kappa shape index (κ1) is 19.8. The maximum atomic E-state index is 5.44. The van der Waals surface area contributed by atoms with Gasteiger partial charge in [0, 0.05) is 25.7 Å². The van der Waals surface area contributed by atoms with E-state index in [1.807, 2.05) is 12.1 Å². The van der Waals surface area contributed by atoms with Crippen molar-refractivity contribution in [2.24, 2.45) is 0 Å². The van der Waals surface area contributed by atoms with Crippen LogP contribution in [0.2, 0.25) is 0 Å². The van der Waals surface area contributed by atoms with Gasteiger partial charge in [0.25, 0.3) is 0 Å². The van der Waals surface area contributed by atoms with Gasteiger partial charge in [0.05, 0.1) is 14.2 Å². The first-order valence-corrected chi connectivity index (χ1v) is 9.54. The molecule has 0 spiro atoms. The average Bonchev–Trinajstić information content (AvgIpc) is 2.63. The van der Waals surface area contributed by atoms with Crippen LogP contribution in [0.1, 0.15) is 31.7 Å². The van der Waals surface area contributed by atoms with Crippen LogP contribution in [0.15, 0.2) is 18.2 Å². The number of nitrogens with zero attached hydrogens (tertiary/aromatic N) is 1. The van der Waals surface area contributed by atoms with Crippen LogP contribution in [0.25, 0.3) is 0 Å². The first-order chi connectivity index (χ1) is 12.2. The van der Waals surface area contributed by atoms with Crippen molar-refractivity contribution in [3.05, 3.63) is 23.8 Å². The monoisotopic (exact) mass is 365 g/mol. The summed E-state index contributed by atoms with van der Waals surface area (Å²) in [5.74, 6) is 1.52. The van der Waals surface area contributed by atoms with Crippen LogP contribution in [0.4, 0.5) is 0 Å². The normalized spacial score (nSPS) is 15.6. The standard InChI is InChI=1S/C19H31N3O2S/c1-4-11-22-12-8-16(9-13-22)21-19(25)20-10-7-15-5-6-17(23-2)18(14-15)24-3/h5-6,14,16H,4,7-13H2,1-3H3,(H2,20,21,25).